The maximum Gasteiger partial charge on any atom is 0.124 e. The Morgan fingerprint density at radius 3 is 2.94 bits per heavy atom. The van der Waals surface area contributed by atoms with E-state index >= 15 is 0 Å². The SMILES string of the molecule is COc1ccc(C)cc1C(O)CCN=[N+]=[N-]. The van der Waals surface area contributed by atoms with Crippen LogP contribution in [0, 0.1) is 6.92 Å². The largest absolute Gasteiger partial charge is 0.496 e. The van der Waals surface area contributed by atoms with Crippen molar-refractivity contribution < 1.29 is 9.84 Å². The number of aryl methyl sites for hydroxylation is 1. The summed E-state index contributed by atoms with van der Waals surface area (Å²) in [5, 5.41) is 13.3. The molecule has 86 valence electrons. The highest BCUT2D eigenvalue weighted by Crippen LogP contribution is 2.28. The zero-order chi connectivity index (χ0) is 12.0. The Hall–Kier alpha value is -1.71. The molecule has 0 saturated heterocycles. The van der Waals surface area contributed by atoms with Crippen molar-refractivity contribution in [2.24, 2.45) is 5.11 Å². The lowest BCUT2D eigenvalue weighted by molar-refractivity contribution is 0.166. The number of azide groups is 1. The monoisotopic (exact) mass is 221 g/mol. The number of aliphatic hydroxyl groups excluding tert-OH is 1. The molecule has 16 heavy (non-hydrogen) atoms. The lowest BCUT2D eigenvalue weighted by atomic mass is 10.0. The molecule has 0 aliphatic rings. The second-order valence-corrected chi connectivity index (χ2v) is 3.50. The predicted octanol–water partition coefficient (Wildman–Crippen LogP) is 2.74. The second kappa shape index (κ2) is 6.00. The van der Waals surface area contributed by atoms with Crippen molar-refractivity contribution in [3.8, 4) is 5.75 Å². The zero-order valence-corrected chi connectivity index (χ0v) is 9.42. The molecule has 0 radical (unpaired) electrons. The maximum absolute atomic E-state index is 9.92. The third-order valence-electron chi connectivity index (χ3n) is 2.31. The fourth-order valence-electron chi connectivity index (χ4n) is 1.49. The average Bonchev–Trinajstić information content (AvgIpc) is 2.29. The van der Waals surface area contributed by atoms with Gasteiger partial charge in [-0.25, -0.2) is 0 Å². The molecule has 1 unspecified atom stereocenters. The number of hydrogen-bond donors (Lipinski definition) is 1. The van der Waals surface area contributed by atoms with Gasteiger partial charge in [-0.05, 0) is 31.0 Å². The highest BCUT2D eigenvalue weighted by molar-refractivity contribution is 5.38. The number of nitrogens with zero attached hydrogens (tertiary/aromatic N) is 3. The van der Waals surface area contributed by atoms with Gasteiger partial charge in [-0.15, -0.1) is 0 Å². The Morgan fingerprint density at radius 2 is 2.31 bits per heavy atom. The molecule has 0 saturated carbocycles. The molecule has 0 fully saturated rings. The minimum Gasteiger partial charge on any atom is -0.496 e. The molecule has 1 N–H and O–H groups in total. The van der Waals surface area contributed by atoms with Gasteiger partial charge in [-0.3, -0.25) is 0 Å². The molecule has 0 spiro atoms. The summed E-state index contributed by atoms with van der Waals surface area (Å²) in [7, 11) is 1.56. The van der Waals surface area contributed by atoms with Gasteiger partial charge in [-0.1, -0.05) is 16.7 Å². The first-order chi connectivity index (χ1) is 7.69. The van der Waals surface area contributed by atoms with Crippen molar-refractivity contribution in [3.05, 3.63) is 39.8 Å². The first kappa shape index (κ1) is 12.4. The second-order valence-electron chi connectivity index (χ2n) is 3.50. The quantitative estimate of drug-likeness (QED) is 0.471. The van der Waals surface area contributed by atoms with Crippen LogP contribution in [0.5, 0.6) is 5.75 Å². The zero-order valence-electron chi connectivity index (χ0n) is 9.42. The van der Waals surface area contributed by atoms with E-state index in [9.17, 15) is 5.11 Å². The van der Waals surface area contributed by atoms with Crippen molar-refractivity contribution >= 4 is 0 Å². The Bertz CT molecular complexity index is 400. The minimum atomic E-state index is -0.666. The number of rotatable bonds is 5. The number of hydrogen-bond acceptors (Lipinski definition) is 3. The molecule has 0 amide bonds. The molecular weight excluding hydrogens is 206 g/mol. The molecule has 0 aliphatic carbocycles. The van der Waals surface area contributed by atoms with Crippen molar-refractivity contribution in [1.29, 1.82) is 0 Å². The van der Waals surface area contributed by atoms with Crippen LogP contribution in [0.3, 0.4) is 0 Å². The summed E-state index contributed by atoms with van der Waals surface area (Å²) in [6, 6.07) is 5.61. The van der Waals surface area contributed by atoms with Crippen LogP contribution in [0.2, 0.25) is 0 Å². The van der Waals surface area contributed by atoms with Gasteiger partial charge >= 0.3 is 0 Å². The van der Waals surface area contributed by atoms with Gasteiger partial charge in [0.2, 0.25) is 0 Å². The van der Waals surface area contributed by atoms with E-state index in [1.165, 1.54) is 0 Å². The Kier molecular flexibility index (Phi) is 4.64. The summed E-state index contributed by atoms with van der Waals surface area (Å²) in [4.78, 5) is 2.64. The normalized spacial score (nSPS) is 11.7. The lowest BCUT2D eigenvalue weighted by Crippen LogP contribution is -2.02. The Morgan fingerprint density at radius 1 is 1.56 bits per heavy atom. The highest BCUT2D eigenvalue weighted by atomic mass is 16.5. The van der Waals surface area contributed by atoms with Crippen LogP contribution in [0.25, 0.3) is 10.4 Å². The van der Waals surface area contributed by atoms with E-state index in [0.717, 1.165) is 11.1 Å². The summed E-state index contributed by atoms with van der Waals surface area (Å²) >= 11 is 0. The molecule has 1 atom stereocenters. The topological polar surface area (TPSA) is 78.2 Å². The van der Waals surface area contributed by atoms with E-state index in [1.54, 1.807) is 7.11 Å². The third kappa shape index (κ3) is 3.15. The van der Waals surface area contributed by atoms with Crippen LogP contribution < -0.4 is 4.74 Å². The maximum atomic E-state index is 9.92. The third-order valence-corrected chi connectivity index (χ3v) is 2.31. The smallest absolute Gasteiger partial charge is 0.124 e. The van der Waals surface area contributed by atoms with Crippen molar-refractivity contribution in [2.45, 2.75) is 19.4 Å². The fourth-order valence-corrected chi connectivity index (χ4v) is 1.49. The van der Waals surface area contributed by atoms with E-state index in [4.69, 9.17) is 10.3 Å². The summed E-state index contributed by atoms with van der Waals surface area (Å²) in [6.07, 6.45) is -0.274. The molecule has 0 aromatic heterocycles. The molecular formula is C11H15N3O2. The van der Waals surface area contributed by atoms with E-state index in [-0.39, 0.29) is 6.54 Å². The van der Waals surface area contributed by atoms with Crippen molar-refractivity contribution in [2.75, 3.05) is 13.7 Å². The molecule has 1 aromatic carbocycles. The standard InChI is InChI=1S/C11H15N3O2/c1-8-3-4-11(16-2)9(7-8)10(15)5-6-13-14-12/h3-4,7,10,15H,5-6H2,1-2H3. The molecule has 0 aliphatic heterocycles. The van der Waals surface area contributed by atoms with E-state index < -0.39 is 6.10 Å². The summed E-state index contributed by atoms with van der Waals surface area (Å²) < 4.78 is 5.16. The summed E-state index contributed by atoms with van der Waals surface area (Å²) in [5.74, 6) is 0.652. The van der Waals surface area contributed by atoms with E-state index in [2.05, 4.69) is 10.0 Å². The van der Waals surface area contributed by atoms with Crippen molar-refractivity contribution in [1.82, 2.24) is 0 Å². The first-order valence-corrected chi connectivity index (χ1v) is 5.02. The number of aliphatic hydroxyl groups is 1. The van der Waals surface area contributed by atoms with Crippen LogP contribution in [-0.4, -0.2) is 18.8 Å². The molecule has 5 nitrogen and oxygen atoms in total. The minimum absolute atomic E-state index is 0.273. The van der Waals surface area contributed by atoms with Crippen LogP contribution in [0.1, 0.15) is 23.7 Å². The average molecular weight is 221 g/mol. The number of benzene rings is 1. The van der Waals surface area contributed by atoms with Crippen LogP contribution in [0.15, 0.2) is 23.3 Å². The summed E-state index contributed by atoms with van der Waals surface area (Å²) in [6.45, 7) is 2.22. The lowest BCUT2D eigenvalue weighted by Gasteiger charge is -2.14. The van der Waals surface area contributed by atoms with E-state index in [1.807, 2.05) is 25.1 Å². The van der Waals surface area contributed by atoms with Crippen LogP contribution >= 0.6 is 0 Å². The van der Waals surface area contributed by atoms with Gasteiger partial charge in [-0.2, -0.15) is 0 Å². The molecule has 5 heteroatoms. The van der Waals surface area contributed by atoms with Crippen LogP contribution in [-0.2, 0) is 0 Å². The molecule has 0 heterocycles. The Labute approximate surface area is 94.3 Å². The number of ether oxygens (including phenoxy) is 1. The first-order valence-electron chi connectivity index (χ1n) is 5.02. The molecule has 1 rings (SSSR count). The summed E-state index contributed by atoms with van der Waals surface area (Å²) in [5.41, 5.74) is 9.93. The molecule has 1 aromatic rings. The van der Waals surface area contributed by atoms with Gasteiger partial charge in [0.15, 0.2) is 0 Å². The van der Waals surface area contributed by atoms with Gasteiger partial charge in [0.05, 0.1) is 13.2 Å². The van der Waals surface area contributed by atoms with Crippen LogP contribution in [0.4, 0.5) is 0 Å². The highest BCUT2D eigenvalue weighted by Gasteiger charge is 2.12. The van der Waals surface area contributed by atoms with Gasteiger partial charge < -0.3 is 9.84 Å². The number of methoxy groups -OCH3 is 1. The van der Waals surface area contributed by atoms with Gasteiger partial charge in [0.1, 0.15) is 5.75 Å². The van der Waals surface area contributed by atoms with Gasteiger partial charge in [0.25, 0.3) is 0 Å². The van der Waals surface area contributed by atoms with Gasteiger partial charge in [0, 0.05) is 17.0 Å². The van der Waals surface area contributed by atoms with E-state index in [0.29, 0.717) is 12.2 Å². The van der Waals surface area contributed by atoms with Crippen molar-refractivity contribution in [3.63, 3.8) is 0 Å². The Balaban J connectivity index is 2.83. The fraction of sp³-hybridized carbons (Fsp3) is 0.455. The predicted molar refractivity (Wildman–Crippen MR) is 61.3 cm³/mol. The molecule has 0 bridgehead atoms.